The van der Waals surface area contributed by atoms with Crippen molar-refractivity contribution >= 4 is 83.4 Å². The van der Waals surface area contributed by atoms with E-state index in [0.29, 0.717) is 0 Å². The Hall–Kier alpha value is -5.48. The molecule has 3 aromatic heterocycles. The van der Waals surface area contributed by atoms with Crippen LogP contribution in [0.2, 0.25) is 0 Å². The molecule has 0 unspecified atom stereocenters. The second kappa shape index (κ2) is 7.67. The van der Waals surface area contributed by atoms with E-state index in [9.17, 15) is 0 Å². The standard InChI is InChI=1S/C39H24BN3/c1-2-4-14-24(13-3-1)41-33-21-11-7-17-27(33)38-39(41)40-30-18-8-12-22-34(30)42-31-19-9-5-15-25(31)28-23-29-26-16-6-10-20-32(26)43(38)37(29)35(40)36(28)42/h1-3,5-23H,4H2. The number of aromatic nitrogens is 3. The zero-order chi connectivity index (χ0) is 27.8. The molecule has 0 saturated carbocycles. The van der Waals surface area contributed by atoms with E-state index < -0.39 is 0 Å². The third-order valence-electron chi connectivity index (χ3n) is 10.0. The predicted molar refractivity (Wildman–Crippen MR) is 182 cm³/mol. The maximum absolute atomic E-state index is 2.60. The fourth-order valence-corrected chi connectivity index (χ4v) is 8.50. The summed E-state index contributed by atoms with van der Waals surface area (Å²) < 4.78 is 7.70. The Morgan fingerprint density at radius 3 is 1.98 bits per heavy atom. The minimum Gasteiger partial charge on any atom is -0.320 e. The van der Waals surface area contributed by atoms with Gasteiger partial charge in [0.1, 0.15) is 0 Å². The predicted octanol–water partition coefficient (Wildman–Crippen LogP) is 7.34. The molecule has 0 spiro atoms. The lowest BCUT2D eigenvalue weighted by Gasteiger charge is -2.32. The van der Waals surface area contributed by atoms with Crippen LogP contribution in [0.15, 0.2) is 134 Å². The number of para-hydroxylation sites is 4. The van der Waals surface area contributed by atoms with Gasteiger partial charge in [-0.05, 0) is 53.8 Å². The average Bonchev–Trinajstić information content (AvgIpc) is 3.60. The zero-order valence-electron chi connectivity index (χ0n) is 23.3. The van der Waals surface area contributed by atoms with Crippen LogP contribution in [-0.4, -0.2) is 20.4 Å². The van der Waals surface area contributed by atoms with Gasteiger partial charge in [0.2, 0.25) is 0 Å². The summed E-state index contributed by atoms with van der Waals surface area (Å²) in [5.41, 5.74) is 14.4. The first-order valence-electron chi connectivity index (χ1n) is 15.2. The molecule has 0 amide bonds. The van der Waals surface area contributed by atoms with Gasteiger partial charge >= 0.3 is 0 Å². The third kappa shape index (κ3) is 2.52. The van der Waals surface area contributed by atoms with E-state index in [1.807, 2.05) is 0 Å². The number of nitrogens with zero attached hydrogens (tertiary/aromatic N) is 3. The largest absolute Gasteiger partial charge is 0.320 e. The van der Waals surface area contributed by atoms with Gasteiger partial charge in [-0.3, -0.25) is 0 Å². The molecule has 1 aliphatic carbocycles. The van der Waals surface area contributed by atoms with Crippen molar-refractivity contribution in [2.24, 2.45) is 0 Å². The molecule has 43 heavy (non-hydrogen) atoms. The summed E-state index contributed by atoms with van der Waals surface area (Å²) in [6, 6.07) is 38.5. The number of fused-ring (bicyclic) bond motifs is 14. The molecule has 5 aromatic carbocycles. The van der Waals surface area contributed by atoms with Crippen LogP contribution in [-0.2, 0) is 0 Å². The summed E-state index contributed by atoms with van der Waals surface area (Å²) in [5, 5.41) is 6.60. The van der Waals surface area contributed by atoms with Gasteiger partial charge in [-0.15, -0.1) is 0 Å². The number of rotatable bonds is 1. The minimum atomic E-state index is 0.0870. The quantitative estimate of drug-likeness (QED) is 0.192. The Bertz CT molecular complexity index is 2650. The monoisotopic (exact) mass is 545 g/mol. The first kappa shape index (κ1) is 22.2. The molecule has 5 heterocycles. The van der Waals surface area contributed by atoms with Gasteiger partial charge < -0.3 is 13.7 Å². The molecule has 3 nitrogen and oxygen atoms in total. The molecule has 198 valence electrons. The summed E-state index contributed by atoms with van der Waals surface area (Å²) >= 11 is 0. The normalized spacial score (nSPS) is 14.8. The van der Waals surface area contributed by atoms with E-state index >= 15 is 0 Å². The van der Waals surface area contributed by atoms with Crippen molar-refractivity contribution in [1.29, 1.82) is 0 Å². The highest BCUT2D eigenvalue weighted by molar-refractivity contribution is 7.00. The molecule has 8 aromatic rings. The van der Waals surface area contributed by atoms with Crippen LogP contribution in [0.5, 0.6) is 0 Å². The summed E-state index contributed by atoms with van der Waals surface area (Å²) in [5.74, 6) is 0. The molecule has 0 radical (unpaired) electrons. The molecule has 2 aliphatic heterocycles. The maximum atomic E-state index is 2.60. The van der Waals surface area contributed by atoms with Crippen molar-refractivity contribution in [3.05, 3.63) is 134 Å². The Balaban J connectivity index is 1.47. The van der Waals surface area contributed by atoms with Crippen molar-refractivity contribution in [2.75, 3.05) is 0 Å². The van der Waals surface area contributed by atoms with Gasteiger partial charge in [0.05, 0.1) is 33.3 Å². The number of hydrogen-bond donors (Lipinski definition) is 0. The van der Waals surface area contributed by atoms with Crippen molar-refractivity contribution in [1.82, 2.24) is 13.7 Å². The molecule has 3 aliphatic rings. The van der Waals surface area contributed by atoms with Crippen LogP contribution < -0.4 is 16.5 Å². The molecule has 0 N–H and O–H groups in total. The van der Waals surface area contributed by atoms with Crippen LogP contribution in [0.1, 0.15) is 6.42 Å². The van der Waals surface area contributed by atoms with E-state index in [1.54, 1.807) is 0 Å². The second-order valence-corrected chi connectivity index (χ2v) is 12.0. The lowest BCUT2D eigenvalue weighted by atomic mass is 9.35. The summed E-state index contributed by atoms with van der Waals surface area (Å²) in [6.45, 7) is 0.0870. The topological polar surface area (TPSA) is 14.8 Å². The minimum absolute atomic E-state index is 0.0870. The Morgan fingerprint density at radius 1 is 0.558 bits per heavy atom. The highest BCUT2D eigenvalue weighted by atomic mass is 15.1. The second-order valence-electron chi connectivity index (χ2n) is 12.0. The number of hydrogen-bond acceptors (Lipinski definition) is 0. The van der Waals surface area contributed by atoms with Crippen LogP contribution >= 0.6 is 0 Å². The van der Waals surface area contributed by atoms with Gasteiger partial charge in [0.15, 0.2) is 0 Å². The van der Waals surface area contributed by atoms with Crippen LogP contribution in [0, 0.1) is 0 Å². The van der Waals surface area contributed by atoms with E-state index in [-0.39, 0.29) is 6.71 Å². The van der Waals surface area contributed by atoms with E-state index in [2.05, 4.69) is 147 Å². The molecule has 0 fully saturated rings. The van der Waals surface area contributed by atoms with Gasteiger partial charge in [0, 0.05) is 43.9 Å². The SMILES string of the molecule is C1=CCC=C(n2c3c(c4ccccc42)-n2c4ccccc4c4cc5c6ccccc6n6c5c(c42)B3c2ccccc2-6)C=C1. The van der Waals surface area contributed by atoms with Gasteiger partial charge in [-0.2, -0.15) is 0 Å². The van der Waals surface area contributed by atoms with E-state index in [4.69, 9.17) is 0 Å². The average molecular weight is 545 g/mol. The van der Waals surface area contributed by atoms with Crippen molar-refractivity contribution in [3.63, 3.8) is 0 Å². The van der Waals surface area contributed by atoms with Crippen LogP contribution in [0.25, 0.3) is 71.6 Å². The van der Waals surface area contributed by atoms with Crippen LogP contribution in [0.4, 0.5) is 0 Å². The van der Waals surface area contributed by atoms with E-state index in [1.165, 1.54) is 88.1 Å². The highest BCUT2D eigenvalue weighted by Gasteiger charge is 2.44. The van der Waals surface area contributed by atoms with Crippen molar-refractivity contribution in [2.45, 2.75) is 6.42 Å². The van der Waals surface area contributed by atoms with Gasteiger partial charge in [-0.25, -0.2) is 0 Å². The molecule has 0 bridgehead atoms. The Labute approximate surface area is 248 Å². The first-order valence-corrected chi connectivity index (χ1v) is 15.2. The number of benzene rings is 5. The fraction of sp³-hybridized carbons (Fsp3) is 0.0256. The zero-order valence-corrected chi connectivity index (χ0v) is 23.3. The molecule has 4 heteroatoms. The highest BCUT2D eigenvalue weighted by Crippen LogP contribution is 2.43. The first-order chi connectivity index (χ1) is 21.4. The Kier molecular flexibility index (Phi) is 3.95. The molecule has 0 saturated heterocycles. The molecule has 11 rings (SSSR count). The Morgan fingerprint density at radius 2 is 1.19 bits per heavy atom. The maximum Gasteiger partial charge on any atom is 0.273 e. The molecule has 0 atom stereocenters. The van der Waals surface area contributed by atoms with Crippen molar-refractivity contribution in [3.8, 4) is 11.4 Å². The molecular formula is C39H24BN3. The van der Waals surface area contributed by atoms with Crippen molar-refractivity contribution < 1.29 is 0 Å². The van der Waals surface area contributed by atoms with Gasteiger partial charge in [0.25, 0.3) is 6.71 Å². The summed E-state index contributed by atoms with van der Waals surface area (Å²) in [6.07, 6.45) is 12.1. The fourth-order valence-electron chi connectivity index (χ4n) is 8.50. The lowest BCUT2D eigenvalue weighted by molar-refractivity contribution is 1.14. The number of allylic oxidation sites excluding steroid dienone is 6. The third-order valence-corrected chi connectivity index (χ3v) is 10.0. The van der Waals surface area contributed by atoms with E-state index in [0.717, 1.165) is 6.42 Å². The van der Waals surface area contributed by atoms with Crippen LogP contribution in [0.3, 0.4) is 0 Å². The molecular weight excluding hydrogens is 521 g/mol. The summed E-state index contributed by atoms with van der Waals surface area (Å²) in [4.78, 5) is 0. The lowest BCUT2D eigenvalue weighted by Crippen LogP contribution is -2.61. The summed E-state index contributed by atoms with van der Waals surface area (Å²) in [7, 11) is 0. The van der Waals surface area contributed by atoms with Gasteiger partial charge in [-0.1, -0.05) is 97.1 Å². The smallest absolute Gasteiger partial charge is 0.273 e.